The first kappa shape index (κ1) is 15.0. The lowest BCUT2D eigenvalue weighted by molar-refractivity contribution is 0.0792. The second-order valence-electron chi connectivity index (χ2n) is 3.92. The van der Waals surface area contributed by atoms with Gasteiger partial charge in [-0.05, 0) is 47.5 Å². The zero-order valence-electron chi connectivity index (χ0n) is 9.71. The Labute approximate surface area is 124 Å². The minimum atomic E-state index is -0.00417. The lowest BCUT2D eigenvalue weighted by Gasteiger charge is -2.18. The second kappa shape index (κ2) is 6.76. The van der Waals surface area contributed by atoms with Crippen molar-refractivity contribution in [3.8, 4) is 0 Å². The van der Waals surface area contributed by atoms with E-state index in [0.717, 1.165) is 15.4 Å². The Kier molecular flexibility index (Phi) is 5.97. The third-order valence-electron chi connectivity index (χ3n) is 2.37. The third kappa shape index (κ3) is 4.60. The van der Waals surface area contributed by atoms with E-state index in [1.807, 2.05) is 25.1 Å². The highest BCUT2D eigenvalue weighted by Gasteiger charge is 2.15. The molecule has 0 saturated carbocycles. The van der Waals surface area contributed by atoms with Crippen LogP contribution in [0, 0.1) is 0 Å². The Morgan fingerprint density at radius 3 is 2.71 bits per heavy atom. The quantitative estimate of drug-likeness (QED) is 0.710. The number of carbonyl (C=O) groups excluding carboxylic acids is 1. The van der Waals surface area contributed by atoms with Gasteiger partial charge in [0.2, 0.25) is 0 Å². The Morgan fingerprint density at radius 2 is 2.12 bits per heavy atom. The van der Waals surface area contributed by atoms with Crippen LogP contribution in [0.1, 0.15) is 23.7 Å². The van der Waals surface area contributed by atoms with Crippen molar-refractivity contribution >= 4 is 49.4 Å². The van der Waals surface area contributed by atoms with Crippen LogP contribution in [0.15, 0.2) is 27.1 Å². The second-order valence-corrected chi connectivity index (χ2v) is 6.44. The number of halogens is 3. The monoisotopic (exact) mass is 381 g/mol. The van der Waals surface area contributed by atoms with E-state index in [1.54, 1.807) is 11.9 Å². The Balaban J connectivity index is 2.78. The summed E-state index contributed by atoms with van der Waals surface area (Å²) < 4.78 is 1.69. The number of benzene rings is 1. The molecule has 94 valence electrons. The Morgan fingerprint density at radius 1 is 1.47 bits per heavy atom. The van der Waals surface area contributed by atoms with Gasteiger partial charge >= 0.3 is 0 Å². The van der Waals surface area contributed by atoms with Crippen LogP contribution in [0.2, 0.25) is 0 Å². The van der Waals surface area contributed by atoms with Gasteiger partial charge in [0.05, 0.1) is 5.56 Å². The van der Waals surface area contributed by atoms with Gasteiger partial charge in [-0.15, -0.1) is 11.6 Å². The molecule has 0 aliphatic carbocycles. The lowest BCUT2D eigenvalue weighted by Crippen LogP contribution is -2.29. The molecular weight excluding hydrogens is 369 g/mol. The molecule has 0 spiro atoms. The summed E-state index contributed by atoms with van der Waals surface area (Å²) in [5, 5.41) is 0.0798. The molecule has 1 atom stereocenters. The Hall–Kier alpha value is -0.0600. The number of amides is 1. The van der Waals surface area contributed by atoms with Crippen LogP contribution in [-0.2, 0) is 0 Å². The fraction of sp³-hybridized carbons (Fsp3) is 0.417. The van der Waals surface area contributed by atoms with Gasteiger partial charge in [0.1, 0.15) is 0 Å². The van der Waals surface area contributed by atoms with Gasteiger partial charge in [0.15, 0.2) is 0 Å². The van der Waals surface area contributed by atoms with Crippen LogP contribution < -0.4 is 0 Å². The average Bonchev–Trinajstić information content (AvgIpc) is 2.28. The van der Waals surface area contributed by atoms with Gasteiger partial charge < -0.3 is 4.90 Å². The van der Waals surface area contributed by atoms with E-state index in [4.69, 9.17) is 11.6 Å². The minimum Gasteiger partial charge on any atom is -0.342 e. The number of nitrogens with zero attached hydrogens (tertiary/aromatic N) is 1. The molecule has 1 unspecified atom stereocenters. The first-order chi connectivity index (χ1) is 7.91. The predicted molar refractivity (Wildman–Crippen MR) is 78.7 cm³/mol. The predicted octanol–water partition coefficient (Wildman–Crippen LogP) is 4.30. The van der Waals surface area contributed by atoms with Crippen molar-refractivity contribution in [2.75, 3.05) is 13.6 Å². The van der Waals surface area contributed by atoms with Crippen LogP contribution in [0.25, 0.3) is 0 Å². The molecule has 0 heterocycles. The van der Waals surface area contributed by atoms with Crippen molar-refractivity contribution in [3.63, 3.8) is 0 Å². The van der Waals surface area contributed by atoms with E-state index in [-0.39, 0.29) is 11.3 Å². The topological polar surface area (TPSA) is 20.3 Å². The average molecular weight is 384 g/mol. The highest BCUT2D eigenvalue weighted by Crippen LogP contribution is 2.22. The van der Waals surface area contributed by atoms with Gasteiger partial charge in [-0.3, -0.25) is 4.79 Å². The van der Waals surface area contributed by atoms with Crippen molar-refractivity contribution in [3.05, 3.63) is 32.7 Å². The van der Waals surface area contributed by atoms with Crippen molar-refractivity contribution in [1.82, 2.24) is 4.90 Å². The molecule has 0 saturated heterocycles. The maximum atomic E-state index is 12.2. The fourth-order valence-corrected chi connectivity index (χ4v) is 2.21. The van der Waals surface area contributed by atoms with E-state index >= 15 is 0 Å². The van der Waals surface area contributed by atoms with E-state index in [2.05, 4.69) is 31.9 Å². The van der Waals surface area contributed by atoms with E-state index in [1.165, 1.54) is 0 Å². The van der Waals surface area contributed by atoms with Crippen LogP contribution in [0.5, 0.6) is 0 Å². The zero-order valence-corrected chi connectivity index (χ0v) is 13.6. The molecule has 0 fully saturated rings. The molecule has 0 aromatic heterocycles. The maximum absolute atomic E-state index is 12.2. The SMILES string of the molecule is CC(Cl)CCN(C)C(=O)c1cc(Br)ccc1Br. The van der Waals surface area contributed by atoms with Crippen molar-refractivity contribution in [1.29, 1.82) is 0 Å². The van der Waals surface area contributed by atoms with Gasteiger partial charge in [-0.2, -0.15) is 0 Å². The first-order valence-corrected chi connectivity index (χ1v) is 7.28. The van der Waals surface area contributed by atoms with Crippen molar-refractivity contribution in [2.45, 2.75) is 18.7 Å². The number of hydrogen-bond acceptors (Lipinski definition) is 1. The Bertz CT molecular complexity index is 409. The largest absolute Gasteiger partial charge is 0.342 e. The molecule has 1 rings (SSSR count). The number of carbonyl (C=O) groups is 1. The van der Waals surface area contributed by atoms with Gasteiger partial charge in [-0.1, -0.05) is 15.9 Å². The molecule has 0 aliphatic heterocycles. The van der Waals surface area contributed by atoms with Crippen molar-refractivity contribution in [2.24, 2.45) is 0 Å². The number of rotatable bonds is 4. The highest BCUT2D eigenvalue weighted by molar-refractivity contribution is 9.11. The molecule has 2 nitrogen and oxygen atoms in total. The van der Waals surface area contributed by atoms with Gasteiger partial charge in [0.25, 0.3) is 5.91 Å². The number of hydrogen-bond donors (Lipinski definition) is 0. The molecule has 1 aromatic carbocycles. The van der Waals surface area contributed by atoms with Crippen molar-refractivity contribution < 1.29 is 4.79 Å². The maximum Gasteiger partial charge on any atom is 0.254 e. The van der Waals surface area contributed by atoms with E-state index in [0.29, 0.717) is 12.1 Å². The summed E-state index contributed by atoms with van der Waals surface area (Å²) in [4.78, 5) is 13.8. The summed E-state index contributed by atoms with van der Waals surface area (Å²) in [6.07, 6.45) is 0.787. The summed E-state index contributed by atoms with van der Waals surface area (Å²) in [5.74, 6) is -0.00417. The molecule has 0 aliphatic rings. The summed E-state index contributed by atoms with van der Waals surface area (Å²) in [7, 11) is 1.79. The first-order valence-electron chi connectivity index (χ1n) is 5.26. The van der Waals surface area contributed by atoms with Crippen LogP contribution >= 0.6 is 43.5 Å². The molecule has 0 N–H and O–H groups in total. The molecule has 5 heteroatoms. The van der Waals surface area contributed by atoms with Crippen LogP contribution in [0.4, 0.5) is 0 Å². The third-order valence-corrected chi connectivity index (χ3v) is 3.77. The molecule has 17 heavy (non-hydrogen) atoms. The lowest BCUT2D eigenvalue weighted by atomic mass is 10.2. The highest BCUT2D eigenvalue weighted by atomic mass is 79.9. The summed E-state index contributed by atoms with van der Waals surface area (Å²) >= 11 is 12.6. The smallest absolute Gasteiger partial charge is 0.254 e. The molecule has 0 radical (unpaired) electrons. The number of alkyl halides is 1. The summed E-state index contributed by atoms with van der Waals surface area (Å²) in [5.41, 5.74) is 0.657. The van der Waals surface area contributed by atoms with E-state index < -0.39 is 0 Å². The minimum absolute atomic E-state index is 0.00417. The fourth-order valence-electron chi connectivity index (χ4n) is 1.34. The van der Waals surface area contributed by atoms with E-state index in [9.17, 15) is 4.79 Å². The summed E-state index contributed by atoms with van der Waals surface area (Å²) in [6.45, 7) is 2.58. The summed E-state index contributed by atoms with van der Waals surface area (Å²) in [6, 6.07) is 5.56. The van der Waals surface area contributed by atoms with Crippen LogP contribution in [-0.4, -0.2) is 29.8 Å². The van der Waals surface area contributed by atoms with Gasteiger partial charge in [0, 0.05) is 27.9 Å². The standard InChI is InChI=1S/C12H14Br2ClNO/c1-8(15)5-6-16(2)12(17)10-7-9(13)3-4-11(10)14/h3-4,7-8H,5-6H2,1-2H3. The molecule has 1 amide bonds. The van der Waals surface area contributed by atoms with Crippen LogP contribution in [0.3, 0.4) is 0 Å². The molecular formula is C12H14Br2ClNO. The normalized spacial score (nSPS) is 12.3. The van der Waals surface area contributed by atoms with Gasteiger partial charge in [-0.25, -0.2) is 0 Å². The zero-order chi connectivity index (χ0) is 13.0. The molecule has 1 aromatic rings. The molecule has 0 bridgehead atoms.